The summed E-state index contributed by atoms with van der Waals surface area (Å²) >= 11 is 0. The number of fused-ring (bicyclic) bond motifs is 1. The number of rotatable bonds is 2. The van der Waals surface area contributed by atoms with Crippen molar-refractivity contribution >= 4 is 22.3 Å². The average molecular weight is 262 g/mol. The second-order valence-electron chi connectivity index (χ2n) is 4.85. The standard InChI is InChI=1S/C12H14N4O3/c1-14-6-8-4-12(16(18)19)11(5-10(8)13-14)15-3-2-9(17)7-15/h4-6,9,17H,2-3,7H2,1H3/t9-/m1/s1. The Morgan fingerprint density at radius 2 is 2.32 bits per heavy atom. The highest BCUT2D eigenvalue weighted by Gasteiger charge is 2.27. The highest BCUT2D eigenvalue weighted by Crippen LogP contribution is 2.34. The van der Waals surface area contributed by atoms with E-state index in [0.717, 1.165) is 10.9 Å². The summed E-state index contributed by atoms with van der Waals surface area (Å²) in [5.74, 6) is 0. The van der Waals surface area contributed by atoms with Gasteiger partial charge < -0.3 is 10.0 Å². The van der Waals surface area contributed by atoms with Crippen molar-refractivity contribution in [3.8, 4) is 0 Å². The van der Waals surface area contributed by atoms with Crippen molar-refractivity contribution in [2.45, 2.75) is 12.5 Å². The van der Waals surface area contributed by atoms with Gasteiger partial charge in [-0.05, 0) is 12.5 Å². The molecular formula is C12H14N4O3. The van der Waals surface area contributed by atoms with E-state index in [4.69, 9.17) is 0 Å². The van der Waals surface area contributed by atoms with E-state index >= 15 is 0 Å². The molecule has 0 amide bonds. The third kappa shape index (κ3) is 2.01. The molecule has 1 aromatic heterocycles. The summed E-state index contributed by atoms with van der Waals surface area (Å²) in [6.07, 6.45) is 1.97. The topological polar surface area (TPSA) is 84.4 Å². The number of aryl methyl sites for hydroxylation is 1. The second-order valence-corrected chi connectivity index (χ2v) is 4.85. The fourth-order valence-corrected chi connectivity index (χ4v) is 2.53. The van der Waals surface area contributed by atoms with Gasteiger partial charge >= 0.3 is 0 Å². The molecule has 0 radical (unpaired) electrons. The number of β-amino-alcohol motifs (C(OH)–C–C–N with tert-alkyl or cyclic N) is 1. The van der Waals surface area contributed by atoms with Crippen molar-refractivity contribution in [1.82, 2.24) is 9.78 Å². The van der Waals surface area contributed by atoms with Crippen molar-refractivity contribution in [3.63, 3.8) is 0 Å². The van der Waals surface area contributed by atoms with E-state index in [1.807, 2.05) is 4.90 Å². The smallest absolute Gasteiger partial charge is 0.293 e. The lowest BCUT2D eigenvalue weighted by molar-refractivity contribution is -0.384. The predicted molar refractivity (Wildman–Crippen MR) is 70.2 cm³/mol. The lowest BCUT2D eigenvalue weighted by atomic mass is 10.2. The van der Waals surface area contributed by atoms with Crippen LogP contribution in [-0.4, -0.2) is 39.0 Å². The van der Waals surface area contributed by atoms with E-state index < -0.39 is 6.10 Å². The van der Waals surface area contributed by atoms with Gasteiger partial charge in [-0.15, -0.1) is 0 Å². The maximum Gasteiger partial charge on any atom is 0.293 e. The first-order valence-electron chi connectivity index (χ1n) is 6.09. The third-order valence-electron chi connectivity index (χ3n) is 3.42. The van der Waals surface area contributed by atoms with Gasteiger partial charge in [0, 0.05) is 37.8 Å². The second kappa shape index (κ2) is 4.20. The first kappa shape index (κ1) is 11.9. The van der Waals surface area contributed by atoms with Crippen LogP contribution in [0.25, 0.3) is 10.9 Å². The van der Waals surface area contributed by atoms with Crippen LogP contribution in [0.1, 0.15) is 6.42 Å². The fraction of sp³-hybridized carbons (Fsp3) is 0.417. The average Bonchev–Trinajstić information content (AvgIpc) is 2.91. The Bertz CT molecular complexity index is 652. The lowest BCUT2D eigenvalue weighted by Crippen LogP contribution is -2.22. The highest BCUT2D eigenvalue weighted by atomic mass is 16.6. The van der Waals surface area contributed by atoms with Crippen molar-refractivity contribution in [2.24, 2.45) is 7.05 Å². The van der Waals surface area contributed by atoms with Crippen LogP contribution in [0.4, 0.5) is 11.4 Å². The summed E-state index contributed by atoms with van der Waals surface area (Å²) in [5, 5.41) is 25.8. The zero-order valence-electron chi connectivity index (χ0n) is 10.5. The molecule has 7 nitrogen and oxygen atoms in total. The Balaban J connectivity index is 2.14. The zero-order valence-corrected chi connectivity index (χ0v) is 10.5. The van der Waals surface area contributed by atoms with Crippen LogP contribution in [-0.2, 0) is 7.05 Å². The molecule has 1 aromatic carbocycles. The Kier molecular flexibility index (Phi) is 2.63. The normalized spacial score (nSPS) is 19.3. The van der Waals surface area contributed by atoms with Crippen LogP contribution in [0.2, 0.25) is 0 Å². The highest BCUT2D eigenvalue weighted by molar-refractivity contribution is 5.87. The first-order chi connectivity index (χ1) is 9.04. The lowest BCUT2D eigenvalue weighted by Gasteiger charge is -2.17. The number of hydrogen-bond donors (Lipinski definition) is 1. The van der Waals surface area contributed by atoms with E-state index in [-0.39, 0.29) is 10.6 Å². The van der Waals surface area contributed by atoms with Crippen LogP contribution in [0.15, 0.2) is 18.3 Å². The molecule has 1 fully saturated rings. The number of anilines is 1. The first-order valence-corrected chi connectivity index (χ1v) is 6.09. The van der Waals surface area contributed by atoms with Crippen LogP contribution in [0.3, 0.4) is 0 Å². The molecule has 2 aromatic rings. The molecule has 1 atom stereocenters. The summed E-state index contributed by atoms with van der Waals surface area (Å²) in [6, 6.07) is 3.27. The molecule has 19 heavy (non-hydrogen) atoms. The summed E-state index contributed by atoms with van der Waals surface area (Å²) < 4.78 is 1.64. The molecule has 1 saturated heterocycles. The number of nitro benzene ring substituents is 1. The largest absolute Gasteiger partial charge is 0.391 e. The SMILES string of the molecule is Cn1cc2cc([N+](=O)[O-])c(N3CC[C@@H](O)C3)cc2n1. The quantitative estimate of drug-likeness (QED) is 0.646. The summed E-state index contributed by atoms with van der Waals surface area (Å²) in [7, 11) is 1.78. The summed E-state index contributed by atoms with van der Waals surface area (Å²) in [6.45, 7) is 1.06. The number of benzene rings is 1. The summed E-state index contributed by atoms with van der Waals surface area (Å²) in [5.41, 5.74) is 1.33. The Morgan fingerprint density at radius 1 is 1.53 bits per heavy atom. The van der Waals surface area contributed by atoms with Gasteiger partial charge in [0.25, 0.3) is 5.69 Å². The molecule has 0 bridgehead atoms. The van der Waals surface area contributed by atoms with Crippen molar-refractivity contribution in [2.75, 3.05) is 18.0 Å². The van der Waals surface area contributed by atoms with Crippen molar-refractivity contribution in [1.29, 1.82) is 0 Å². The summed E-state index contributed by atoms with van der Waals surface area (Å²) in [4.78, 5) is 12.7. The van der Waals surface area contributed by atoms with Gasteiger partial charge in [0.2, 0.25) is 0 Å². The molecule has 0 unspecified atom stereocenters. The van der Waals surface area contributed by atoms with E-state index in [0.29, 0.717) is 25.2 Å². The number of aromatic nitrogens is 2. The van der Waals surface area contributed by atoms with Gasteiger partial charge in [-0.3, -0.25) is 14.8 Å². The molecule has 0 spiro atoms. The maximum atomic E-state index is 11.2. The zero-order chi connectivity index (χ0) is 13.6. The van der Waals surface area contributed by atoms with Crippen LogP contribution >= 0.6 is 0 Å². The van der Waals surface area contributed by atoms with E-state index in [1.165, 1.54) is 0 Å². The molecule has 100 valence electrons. The molecule has 0 saturated carbocycles. The van der Waals surface area contributed by atoms with E-state index in [9.17, 15) is 15.2 Å². The minimum Gasteiger partial charge on any atom is -0.391 e. The van der Waals surface area contributed by atoms with Gasteiger partial charge in [-0.25, -0.2) is 0 Å². The van der Waals surface area contributed by atoms with Gasteiger partial charge in [0.15, 0.2) is 0 Å². The molecule has 0 aliphatic carbocycles. The minimum absolute atomic E-state index is 0.0644. The van der Waals surface area contributed by atoms with Gasteiger partial charge in [0.1, 0.15) is 5.69 Å². The van der Waals surface area contributed by atoms with Gasteiger partial charge in [0.05, 0.1) is 16.5 Å². The number of aliphatic hydroxyl groups is 1. The molecular weight excluding hydrogens is 248 g/mol. The minimum atomic E-state index is -0.418. The molecule has 1 N–H and O–H groups in total. The Hall–Kier alpha value is -2.15. The Morgan fingerprint density at radius 3 is 2.95 bits per heavy atom. The van der Waals surface area contributed by atoms with Gasteiger partial charge in [-0.1, -0.05) is 0 Å². The van der Waals surface area contributed by atoms with Crippen LogP contribution < -0.4 is 4.90 Å². The molecule has 7 heteroatoms. The Labute approximate surface area is 109 Å². The van der Waals surface area contributed by atoms with Crippen LogP contribution in [0.5, 0.6) is 0 Å². The van der Waals surface area contributed by atoms with E-state index in [2.05, 4.69) is 5.10 Å². The van der Waals surface area contributed by atoms with Crippen molar-refractivity contribution < 1.29 is 10.0 Å². The predicted octanol–water partition coefficient (Wildman–Crippen LogP) is 1.05. The van der Waals surface area contributed by atoms with Crippen LogP contribution in [0, 0.1) is 10.1 Å². The van der Waals surface area contributed by atoms with E-state index in [1.54, 1.807) is 30.1 Å². The molecule has 1 aliphatic heterocycles. The van der Waals surface area contributed by atoms with Crippen molar-refractivity contribution in [3.05, 3.63) is 28.4 Å². The molecule has 1 aliphatic rings. The monoisotopic (exact) mass is 262 g/mol. The third-order valence-corrected chi connectivity index (χ3v) is 3.42. The molecule has 2 heterocycles. The number of nitrogens with zero attached hydrogens (tertiary/aromatic N) is 4. The number of hydrogen-bond acceptors (Lipinski definition) is 5. The maximum absolute atomic E-state index is 11.2. The fourth-order valence-electron chi connectivity index (χ4n) is 2.53. The number of aliphatic hydroxyl groups excluding tert-OH is 1. The molecule has 3 rings (SSSR count). The van der Waals surface area contributed by atoms with Gasteiger partial charge in [-0.2, -0.15) is 5.10 Å². The number of nitro groups is 1.